The zero-order valence-corrected chi connectivity index (χ0v) is 14.3. The number of anilines is 1. The van der Waals surface area contributed by atoms with Crippen LogP contribution in [0.5, 0.6) is 0 Å². The molecule has 2 heterocycles. The van der Waals surface area contributed by atoms with Crippen molar-refractivity contribution < 1.29 is 14.4 Å². The molecule has 2 N–H and O–H groups in total. The first kappa shape index (κ1) is 17.9. The molecule has 0 saturated heterocycles. The number of nitrogens with one attached hydrogen (secondary N) is 2. The fourth-order valence-electron chi connectivity index (χ4n) is 2.20. The number of rotatable bonds is 6. The van der Waals surface area contributed by atoms with Gasteiger partial charge in [-0.05, 0) is 29.5 Å². The van der Waals surface area contributed by atoms with Gasteiger partial charge in [0.05, 0.1) is 34.5 Å². The van der Waals surface area contributed by atoms with Gasteiger partial charge in [-0.2, -0.15) is 10.1 Å². The van der Waals surface area contributed by atoms with E-state index in [2.05, 4.69) is 15.5 Å². The van der Waals surface area contributed by atoms with Crippen molar-refractivity contribution in [3.8, 4) is 5.82 Å². The SMILES string of the molecule is O=c1[nH]c(-[n+]2ccccc2)c(/C=N/Nc2ccc([N+](=O)[O-])cc2[N+](=O)[O-])s1. The summed E-state index contributed by atoms with van der Waals surface area (Å²) in [6.45, 7) is 0. The molecule has 3 aromatic rings. The summed E-state index contributed by atoms with van der Waals surface area (Å²) in [6, 6.07) is 8.57. The molecule has 0 bridgehead atoms. The van der Waals surface area contributed by atoms with E-state index in [1.54, 1.807) is 29.1 Å². The Hall–Kier alpha value is -3.93. The van der Waals surface area contributed by atoms with Crippen LogP contribution >= 0.6 is 11.3 Å². The highest BCUT2D eigenvalue weighted by Gasteiger charge is 2.19. The van der Waals surface area contributed by atoms with Crippen molar-refractivity contribution in [2.24, 2.45) is 5.10 Å². The topological polar surface area (TPSA) is 147 Å². The molecule has 0 aliphatic rings. The minimum absolute atomic E-state index is 0.0151. The predicted molar refractivity (Wildman–Crippen MR) is 97.4 cm³/mol. The van der Waals surface area contributed by atoms with Crippen LogP contribution < -0.4 is 14.9 Å². The van der Waals surface area contributed by atoms with E-state index in [1.807, 2.05) is 6.07 Å². The Morgan fingerprint density at radius 2 is 1.89 bits per heavy atom. The Bertz CT molecular complexity index is 1090. The fourth-order valence-corrected chi connectivity index (χ4v) is 2.90. The molecule has 0 unspecified atom stereocenters. The summed E-state index contributed by atoms with van der Waals surface area (Å²) < 4.78 is 1.69. The number of aromatic nitrogens is 2. The van der Waals surface area contributed by atoms with Gasteiger partial charge < -0.3 is 0 Å². The highest BCUT2D eigenvalue weighted by molar-refractivity contribution is 7.11. The van der Waals surface area contributed by atoms with E-state index in [4.69, 9.17) is 0 Å². The predicted octanol–water partition coefficient (Wildman–Crippen LogP) is 1.98. The highest BCUT2D eigenvalue weighted by atomic mass is 32.1. The number of thiazole rings is 1. The van der Waals surface area contributed by atoms with Crippen LogP contribution in [0, 0.1) is 20.2 Å². The average Bonchev–Trinajstić information content (AvgIpc) is 3.03. The lowest BCUT2D eigenvalue weighted by atomic mass is 10.2. The van der Waals surface area contributed by atoms with Gasteiger partial charge in [0.2, 0.25) is 0 Å². The number of nitro groups is 2. The highest BCUT2D eigenvalue weighted by Crippen LogP contribution is 2.28. The summed E-state index contributed by atoms with van der Waals surface area (Å²) >= 11 is 0.917. The van der Waals surface area contributed by atoms with Crippen molar-refractivity contribution in [1.29, 1.82) is 0 Å². The Balaban J connectivity index is 1.88. The molecule has 136 valence electrons. The van der Waals surface area contributed by atoms with Crippen molar-refractivity contribution in [3.63, 3.8) is 0 Å². The maximum Gasteiger partial charge on any atom is 0.390 e. The van der Waals surface area contributed by atoms with Crippen molar-refractivity contribution in [2.75, 3.05) is 5.43 Å². The molecule has 0 amide bonds. The standard InChI is InChI=1S/C15H10N6O5S/c22-15-17-14(19-6-2-1-3-7-19)13(27-15)9-16-18-11-5-4-10(20(23)24)8-12(11)21(25)26/h1-9,18H/p+1. The van der Waals surface area contributed by atoms with Gasteiger partial charge in [-0.15, -0.1) is 0 Å². The molecule has 0 radical (unpaired) electrons. The van der Waals surface area contributed by atoms with Crippen LogP contribution in [0.15, 0.2) is 58.7 Å². The number of pyridine rings is 1. The first-order valence-corrected chi connectivity index (χ1v) is 8.19. The largest absolute Gasteiger partial charge is 0.390 e. The maximum atomic E-state index is 11.7. The molecule has 11 nitrogen and oxygen atoms in total. The summed E-state index contributed by atoms with van der Waals surface area (Å²) in [4.78, 5) is 35.0. The smallest absolute Gasteiger partial charge is 0.272 e. The Kier molecular flexibility index (Phi) is 4.99. The average molecular weight is 387 g/mol. The van der Waals surface area contributed by atoms with E-state index in [0.717, 1.165) is 23.5 Å². The lowest BCUT2D eigenvalue weighted by molar-refractivity contribution is -0.599. The van der Waals surface area contributed by atoms with Crippen molar-refractivity contribution in [1.82, 2.24) is 4.98 Å². The number of H-pyrrole nitrogens is 1. The number of aromatic amines is 1. The number of nitrogens with zero attached hydrogens (tertiary/aromatic N) is 4. The summed E-state index contributed by atoms with van der Waals surface area (Å²) in [5.41, 5.74) is 1.58. The third-order valence-electron chi connectivity index (χ3n) is 3.39. The van der Waals surface area contributed by atoms with Gasteiger partial charge in [0, 0.05) is 6.07 Å². The van der Waals surface area contributed by atoms with Gasteiger partial charge in [-0.1, -0.05) is 6.07 Å². The van der Waals surface area contributed by atoms with Crippen LogP contribution in [0.3, 0.4) is 0 Å². The van der Waals surface area contributed by atoms with Crippen LogP contribution in [0.4, 0.5) is 17.1 Å². The van der Waals surface area contributed by atoms with E-state index in [1.165, 1.54) is 12.3 Å². The van der Waals surface area contributed by atoms with Crippen LogP contribution in [0.25, 0.3) is 5.82 Å². The number of non-ortho nitro benzene ring substituents is 1. The van der Waals surface area contributed by atoms with E-state index in [0.29, 0.717) is 10.7 Å². The number of hydrazone groups is 1. The Labute approximate surface area is 154 Å². The summed E-state index contributed by atoms with van der Waals surface area (Å²) in [6.07, 6.45) is 4.82. The molecule has 0 spiro atoms. The van der Waals surface area contributed by atoms with Crippen molar-refractivity contribution >= 4 is 34.6 Å². The van der Waals surface area contributed by atoms with E-state index >= 15 is 0 Å². The third-order valence-corrected chi connectivity index (χ3v) is 4.19. The van der Waals surface area contributed by atoms with E-state index < -0.39 is 21.2 Å². The number of hydrogen-bond acceptors (Lipinski definition) is 8. The van der Waals surface area contributed by atoms with Crippen molar-refractivity contribution in [3.05, 3.63) is 83.6 Å². The molecule has 0 aliphatic carbocycles. The van der Waals surface area contributed by atoms with Gasteiger partial charge in [-0.3, -0.25) is 25.7 Å². The van der Waals surface area contributed by atoms with Crippen molar-refractivity contribution in [2.45, 2.75) is 0 Å². The molecule has 0 saturated carbocycles. The zero-order chi connectivity index (χ0) is 19.4. The molecule has 0 atom stereocenters. The molecule has 2 aromatic heterocycles. The summed E-state index contributed by atoms with van der Waals surface area (Å²) in [7, 11) is 0. The lowest BCUT2D eigenvalue weighted by Gasteiger charge is -2.01. The number of benzene rings is 1. The second-order valence-corrected chi connectivity index (χ2v) is 6.11. The Morgan fingerprint density at radius 3 is 2.56 bits per heavy atom. The monoisotopic (exact) mass is 387 g/mol. The van der Waals surface area contributed by atoms with E-state index in [-0.39, 0.29) is 10.6 Å². The molecule has 27 heavy (non-hydrogen) atoms. The maximum absolute atomic E-state index is 11.7. The fraction of sp³-hybridized carbons (Fsp3) is 0. The lowest BCUT2D eigenvalue weighted by Crippen LogP contribution is -2.31. The second kappa shape index (κ2) is 7.53. The van der Waals surface area contributed by atoms with E-state index in [9.17, 15) is 25.0 Å². The van der Waals surface area contributed by atoms with Crippen LogP contribution in [0.1, 0.15) is 4.88 Å². The summed E-state index contributed by atoms with van der Waals surface area (Å²) in [5.74, 6) is 0.495. The molecule has 0 aliphatic heterocycles. The number of nitro benzene ring substituents is 2. The van der Waals surface area contributed by atoms with Crippen LogP contribution in [-0.2, 0) is 0 Å². The third kappa shape index (κ3) is 4.01. The molecule has 3 rings (SSSR count). The molecule has 0 fully saturated rings. The van der Waals surface area contributed by atoms with Gasteiger partial charge in [0.15, 0.2) is 0 Å². The number of hydrogen-bond donors (Lipinski definition) is 2. The molecular formula is C15H11N6O5S+. The quantitative estimate of drug-likeness (QED) is 0.286. The van der Waals surface area contributed by atoms with Crippen LogP contribution in [0.2, 0.25) is 0 Å². The van der Waals surface area contributed by atoms with Gasteiger partial charge in [0.1, 0.15) is 10.6 Å². The Morgan fingerprint density at radius 1 is 1.15 bits per heavy atom. The molecule has 1 aromatic carbocycles. The molecular weight excluding hydrogens is 376 g/mol. The van der Waals surface area contributed by atoms with Gasteiger partial charge in [-0.25, -0.2) is 9.36 Å². The minimum atomic E-state index is -0.745. The second-order valence-electron chi connectivity index (χ2n) is 5.10. The van der Waals surface area contributed by atoms with Crippen LogP contribution in [-0.4, -0.2) is 21.0 Å². The minimum Gasteiger partial charge on any atom is -0.272 e. The molecule has 12 heteroatoms. The van der Waals surface area contributed by atoms with Gasteiger partial charge >= 0.3 is 16.4 Å². The normalized spacial score (nSPS) is 10.8. The van der Waals surface area contributed by atoms with Gasteiger partial charge in [0.25, 0.3) is 5.69 Å². The summed E-state index contributed by atoms with van der Waals surface area (Å²) in [5, 5.41) is 25.8. The first-order chi connectivity index (χ1) is 13.0. The zero-order valence-electron chi connectivity index (χ0n) is 13.4. The first-order valence-electron chi connectivity index (χ1n) is 7.37.